The molecule has 0 atom stereocenters. The van der Waals surface area contributed by atoms with Gasteiger partial charge in [-0.25, -0.2) is 13.4 Å². The van der Waals surface area contributed by atoms with E-state index in [1.807, 2.05) is 48.6 Å². The van der Waals surface area contributed by atoms with E-state index in [1.54, 1.807) is 34.8 Å². The van der Waals surface area contributed by atoms with Gasteiger partial charge in [-0.3, -0.25) is 5.43 Å². The molecular weight excluding hydrogens is 430 g/mol. The topological polar surface area (TPSA) is 77.9 Å². The van der Waals surface area contributed by atoms with Crippen LogP contribution in [0, 0.1) is 0 Å². The lowest BCUT2D eigenvalue weighted by Gasteiger charge is -2.15. The number of hydrogen-bond acceptors (Lipinski definition) is 7. The molecule has 1 aromatic heterocycles. The van der Waals surface area contributed by atoms with E-state index in [9.17, 15) is 8.42 Å². The summed E-state index contributed by atoms with van der Waals surface area (Å²) in [6.07, 6.45) is 3.60. The van der Waals surface area contributed by atoms with Gasteiger partial charge in [-0.15, -0.1) is 11.3 Å². The van der Waals surface area contributed by atoms with Crippen LogP contribution in [0.4, 0.5) is 10.8 Å². The quantitative estimate of drug-likeness (QED) is 0.429. The van der Waals surface area contributed by atoms with Gasteiger partial charge in [0.05, 0.1) is 16.8 Å². The SMILES string of the molecule is CN(C)c1ccc(/C=N\Nc2nc(-c3ccc(S(=O)(=O)N4CCCC4)cc3)cs2)cc1. The summed E-state index contributed by atoms with van der Waals surface area (Å²) in [5.74, 6) is 0. The van der Waals surface area contributed by atoms with Crippen molar-refractivity contribution in [1.29, 1.82) is 0 Å². The Kier molecular flexibility index (Phi) is 6.35. The van der Waals surface area contributed by atoms with Gasteiger partial charge in [0.25, 0.3) is 0 Å². The molecule has 1 aliphatic rings. The van der Waals surface area contributed by atoms with Crippen molar-refractivity contribution in [2.45, 2.75) is 17.7 Å². The smallest absolute Gasteiger partial charge is 0.243 e. The molecule has 2 aromatic carbocycles. The van der Waals surface area contributed by atoms with Crippen LogP contribution in [-0.4, -0.2) is 51.1 Å². The van der Waals surface area contributed by atoms with Gasteiger partial charge in [-0.05, 0) is 42.7 Å². The number of nitrogens with zero attached hydrogens (tertiary/aromatic N) is 4. The maximum Gasteiger partial charge on any atom is 0.243 e. The predicted molar refractivity (Wildman–Crippen MR) is 128 cm³/mol. The van der Waals surface area contributed by atoms with Crippen molar-refractivity contribution >= 4 is 38.4 Å². The van der Waals surface area contributed by atoms with Crippen molar-refractivity contribution in [3.8, 4) is 11.3 Å². The van der Waals surface area contributed by atoms with Gasteiger partial charge in [0.2, 0.25) is 15.2 Å². The van der Waals surface area contributed by atoms with Crippen LogP contribution in [0.1, 0.15) is 18.4 Å². The Bertz CT molecular complexity index is 1150. The fourth-order valence-corrected chi connectivity index (χ4v) is 5.54. The number of sulfonamides is 1. The second kappa shape index (κ2) is 9.17. The highest BCUT2D eigenvalue weighted by molar-refractivity contribution is 7.89. The lowest BCUT2D eigenvalue weighted by Crippen LogP contribution is -2.27. The van der Waals surface area contributed by atoms with Crippen molar-refractivity contribution in [2.75, 3.05) is 37.5 Å². The largest absolute Gasteiger partial charge is 0.378 e. The molecule has 0 radical (unpaired) electrons. The number of hydrogen-bond donors (Lipinski definition) is 1. The third-order valence-corrected chi connectivity index (χ3v) is 7.80. The Morgan fingerprint density at radius 1 is 1.06 bits per heavy atom. The van der Waals surface area contributed by atoms with E-state index in [0.717, 1.165) is 35.3 Å². The van der Waals surface area contributed by atoms with Gasteiger partial charge in [-0.2, -0.15) is 9.41 Å². The molecule has 9 heteroatoms. The van der Waals surface area contributed by atoms with E-state index in [1.165, 1.54) is 11.3 Å². The highest BCUT2D eigenvalue weighted by Crippen LogP contribution is 2.27. The number of benzene rings is 2. The van der Waals surface area contributed by atoms with Crippen LogP contribution in [0.15, 0.2) is 63.9 Å². The van der Waals surface area contributed by atoms with E-state index in [0.29, 0.717) is 23.1 Å². The summed E-state index contributed by atoms with van der Waals surface area (Å²) in [4.78, 5) is 6.92. The van der Waals surface area contributed by atoms with Crippen LogP contribution >= 0.6 is 11.3 Å². The summed E-state index contributed by atoms with van der Waals surface area (Å²) in [5, 5.41) is 6.85. The lowest BCUT2D eigenvalue weighted by atomic mass is 10.2. The van der Waals surface area contributed by atoms with Crippen LogP contribution in [0.2, 0.25) is 0 Å². The highest BCUT2D eigenvalue weighted by atomic mass is 32.2. The van der Waals surface area contributed by atoms with E-state index < -0.39 is 10.0 Å². The Hall–Kier alpha value is -2.75. The van der Waals surface area contributed by atoms with Gasteiger partial charge in [0.15, 0.2) is 0 Å². The molecule has 1 fully saturated rings. The van der Waals surface area contributed by atoms with Gasteiger partial charge < -0.3 is 4.90 Å². The number of hydrazone groups is 1. The third kappa shape index (κ3) is 4.95. The zero-order valence-electron chi connectivity index (χ0n) is 17.5. The maximum absolute atomic E-state index is 12.7. The van der Waals surface area contributed by atoms with Gasteiger partial charge in [0, 0.05) is 43.8 Å². The second-order valence-electron chi connectivity index (χ2n) is 7.53. The molecule has 1 N–H and O–H groups in total. The molecule has 0 aliphatic carbocycles. The van der Waals surface area contributed by atoms with Crippen molar-refractivity contribution in [1.82, 2.24) is 9.29 Å². The van der Waals surface area contributed by atoms with Crippen molar-refractivity contribution in [3.63, 3.8) is 0 Å². The Morgan fingerprint density at radius 3 is 2.39 bits per heavy atom. The minimum Gasteiger partial charge on any atom is -0.378 e. The van der Waals surface area contributed by atoms with Gasteiger partial charge in [0.1, 0.15) is 0 Å². The first kappa shape index (κ1) is 21.5. The Balaban J connectivity index is 1.40. The first-order chi connectivity index (χ1) is 14.9. The molecular formula is C22H25N5O2S2. The number of aromatic nitrogens is 1. The number of anilines is 2. The minimum atomic E-state index is -3.40. The first-order valence-corrected chi connectivity index (χ1v) is 12.4. The molecule has 1 aliphatic heterocycles. The zero-order chi connectivity index (χ0) is 21.8. The summed E-state index contributed by atoms with van der Waals surface area (Å²) in [6, 6.07) is 15.0. The fraction of sp³-hybridized carbons (Fsp3) is 0.273. The first-order valence-electron chi connectivity index (χ1n) is 10.1. The van der Waals surface area contributed by atoms with E-state index in [-0.39, 0.29) is 0 Å². The molecule has 3 aromatic rings. The minimum absolute atomic E-state index is 0.330. The van der Waals surface area contributed by atoms with Crippen LogP contribution < -0.4 is 10.3 Å². The predicted octanol–water partition coefficient (Wildman–Crippen LogP) is 4.11. The van der Waals surface area contributed by atoms with Gasteiger partial charge in [-0.1, -0.05) is 24.3 Å². The molecule has 0 unspecified atom stereocenters. The molecule has 31 heavy (non-hydrogen) atoms. The average Bonchev–Trinajstić information content (AvgIpc) is 3.47. The summed E-state index contributed by atoms with van der Waals surface area (Å²) in [6.45, 7) is 1.21. The highest BCUT2D eigenvalue weighted by Gasteiger charge is 2.26. The van der Waals surface area contributed by atoms with Crippen molar-refractivity contribution in [2.24, 2.45) is 5.10 Å². The van der Waals surface area contributed by atoms with Crippen LogP contribution in [-0.2, 0) is 10.0 Å². The zero-order valence-corrected chi connectivity index (χ0v) is 19.2. The monoisotopic (exact) mass is 455 g/mol. The molecule has 0 bridgehead atoms. The molecule has 0 spiro atoms. The number of nitrogens with one attached hydrogen (secondary N) is 1. The van der Waals surface area contributed by atoms with Crippen molar-refractivity contribution in [3.05, 3.63) is 59.5 Å². The molecule has 7 nitrogen and oxygen atoms in total. The normalized spacial score (nSPS) is 14.9. The molecule has 162 valence electrons. The maximum atomic E-state index is 12.7. The molecule has 0 saturated carbocycles. The van der Waals surface area contributed by atoms with E-state index >= 15 is 0 Å². The standard InChI is InChI=1S/C22H25N5O2S2/c1-26(2)19-9-5-17(6-10-19)15-23-25-22-24-21(16-30-22)18-7-11-20(12-8-18)31(28,29)27-13-3-4-14-27/h5-12,15-16H,3-4,13-14H2,1-2H3,(H,24,25)/b23-15-. The Morgan fingerprint density at radius 2 is 1.74 bits per heavy atom. The summed E-state index contributed by atoms with van der Waals surface area (Å²) < 4.78 is 26.9. The molecule has 0 amide bonds. The number of thiazole rings is 1. The van der Waals surface area contributed by atoms with Crippen LogP contribution in [0.25, 0.3) is 11.3 Å². The fourth-order valence-electron chi connectivity index (χ4n) is 3.35. The van der Waals surface area contributed by atoms with Crippen LogP contribution in [0.3, 0.4) is 0 Å². The molecule has 4 rings (SSSR count). The molecule has 1 saturated heterocycles. The van der Waals surface area contributed by atoms with Gasteiger partial charge >= 0.3 is 0 Å². The summed E-state index contributed by atoms with van der Waals surface area (Å²) in [5.41, 5.74) is 6.73. The summed E-state index contributed by atoms with van der Waals surface area (Å²) in [7, 11) is 0.612. The van der Waals surface area contributed by atoms with Crippen molar-refractivity contribution < 1.29 is 8.42 Å². The second-order valence-corrected chi connectivity index (χ2v) is 10.3. The van der Waals surface area contributed by atoms with E-state index in [4.69, 9.17) is 0 Å². The lowest BCUT2D eigenvalue weighted by molar-refractivity contribution is 0.477. The van der Waals surface area contributed by atoms with Crippen LogP contribution in [0.5, 0.6) is 0 Å². The third-order valence-electron chi connectivity index (χ3n) is 5.14. The van der Waals surface area contributed by atoms with E-state index in [2.05, 4.69) is 15.5 Å². The number of rotatable bonds is 7. The average molecular weight is 456 g/mol. The Labute approximate surface area is 187 Å². The molecule has 2 heterocycles. The summed E-state index contributed by atoms with van der Waals surface area (Å²) >= 11 is 1.45.